The third-order valence-electron chi connectivity index (χ3n) is 6.85. The van der Waals surface area contributed by atoms with E-state index in [9.17, 15) is 0 Å². The van der Waals surface area contributed by atoms with Crippen LogP contribution >= 0.6 is 47.0 Å². The lowest BCUT2D eigenvalue weighted by molar-refractivity contribution is 0.871. The number of aliphatic imine (C=N–C) groups is 1. The fourth-order valence-corrected chi connectivity index (χ4v) is 6.47. The lowest BCUT2D eigenvalue weighted by atomic mass is 9.93. The molecule has 4 heterocycles. The molecule has 0 saturated heterocycles. The maximum Gasteiger partial charge on any atom is 0.0965 e. The van der Waals surface area contributed by atoms with Gasteiger partial charge in [-0.2, -0.15) is 0 Å². The van der Waals surface area contributed by atoms with E-state index in [-0.39, 0.29) is 5.92 Å². The summed E-state index contributed by atoms with van der Waals surface area (Å²) in [5.41, 5.74) is 8.19. The fraction of sp³-hybridized carbons (Fsp3) is 0.147. The first kappa shape index (κ1) is 30.3. The third kappa shape index (κ3) is 7.24. The molecule has 3 N–H and O–H groups in total. The highest BCUT2D eigenvalue weighted by molar-refractivity contribution is 8.13. The van der Waals surface area contributed by atoms with E-state index in [0.29, 0.717) is 0 Å². The van der Waals surface area contributed by atoms with Gasteiger partial charge in [-0.15, -0.1) is 47.0 Å². The summed E-state index contributed by atoms with van der Waals surface area (Å²) in [5.74, 6) is 0.216. The Morgan fingerprint density at radius 3 is 1.62 bits per heavy atom. The number of allylic oxidation sites excluding steroid dienone is 1. The van der Waals surface area contributed by atoms with Crippen LogP contribution in [0.3, 0.4) is 0 Å². The zero-order chi connectivity index (χ0) is 29.3. The SMILES string of the molecule is CSC1=N/C(=C(/c2ccccc2)c2ccc(SC)[nH]2)C=C1.CSc1ccc(C(c2ccccc2)c2ccc(SC)[nH]2)[nH]1. The van der Waals surface area contributed by atoms with Crippen molar-refractivity contribution in [3.8, 4) is 0 Å². The second-order valence-corrected chi connectivity index (χ2v) is 12.7. The Kier molecular flexibility index (Phi) is 10.7. The van der Waals surface area contributed by atoms with Crippen molar-refractivity contribution in [1.82, 2.24) is 15.0 Å². The van der Waals surface area contributed by atoms with Crippen LogP contribution in [0.2, 0.25) is 0 Å². The van der Waals surface area contributed by atoms with Crippen LogP contribution in [-0.2, 0) is 0 Å². The smallest absolute Gasteiger partial charge is 0.0965 e. The van der Waals surface area contributed by atoms with Gasteiger partial charge in [0.15, 0.2) is 0 Å². The molecule has 1 aliphatic rings. The van der Waals surface area contributed by atoms with Gasteiger partial charge in [0.25, 0.3) is 0 Å². The number of benzene rings is 2. The van der Waals surface area contributed by atoms with Crippen molar-refractivity contribution in [3.05, 3.63) is 143 Å². The van der Waals surface area contributed by atoms with Crippen LogP contribution in [0.4, 0.5) is 0 Å². The number of thioether (sulfide) groups is 4. The Hall–Kier alpha value is -3.17. The van der Waals surface area contributed by atoms with Crippen LogP contribution in [0.15, 0.2) is 135 Å². The highest BCUT2D eigenvalue weighted by Gasteiger charge is 2.20. The van der Waals surface area contributed by atoms with Crippen LogP contribution in [-0.4, -0.2) is 45.0 Å². The molecule has 0 saturated carbocycles. The Bertz CT molecular complexity index is 1630. The van der Waals surface area contributed by atoms with Crippen LogP contribution in [0.25, 0.3) is 5.57 Å². The molecule has 0 spiro atoms. The molecule has 6 rings (SSSR count). The minimum absolute atomic E-state index is 0.216. The van der Waals surface area contributed by atoms with Gasteiger partial charge < -0.3 is 15.0 Å². The van der Waals surface area contributed by atoms with Crippen LogP contribution in [0, 0.1) is 0 Å². The number of rotatable bonds is 8. The molecule has 0 bridgehead atoms. The maximum absolute atomic E-state index is 4.72. The number of hydrogen-bond donors (Lipinski definition) is 3. The van der Waals surface area contributed by atoms with E-state index < -0.39 is 0 Å². The summed E-state index contributed by atoms with van der Waals surface area (Å²) >= 11 is 6.86. The van der Waals surface area contributed by atoms with Crippen molar-refractivity contribution in [3.63, 3.8) is 0 Å². The normalized spacial score (nSPS) is 13.7. The van der Waals surface area contributed by atoms with E-state index in [1.165, 1.54) is 32.6 Å². The lowest BCUT2D eigenvalue weighted by Crippen LogP contribution is -2.04. The second-order valence-electron chi connectivity index (χ2n) is 9.36. The zero-order valence-electron chi connectivity index (χ0n) is 24.0. The summed E-state index contributed by atoms with van der Waals surface area (Å²) in [6.45, 7) is 0. The summed E-state index contributed by atoms with van der Waals surface area (Å²) in [7, 11) is 0. The van der Waals surface area contributed by atoms with Crippen LogP contribution in [0.1, 0.15) is 34.1 Å². The Balaban J connectivity index is 0.000000168. The topological polar surface area (TPSA) is 59.7 Å². The molecule has 0 atom stereocenters. The van der Waals surface area contributed by atoms with E-state index in [1.807, 2.05) is 6.07 Å². The van der Waals surface area contributed by atoms with Crippen molar-refractivity contribution in [1.29, 1.82) is 0 Å². The Morgan fingerprint density at radius 2 is 1.12 bits per heavy atom. The minimum Gasteiger partial charge on any atom is -0.353 e. The first-order chi connectivity index (χ1) is 20.6. The first-order valence-electron chi connectivity index (χ1n) is 13.5. The van der Waals surface area contributed by atoms with Gasteiger partial charge in [-0.25, -0.2) is 4.99 Å². The second kappa shape index (κ2) is 14.8. The van der Waals surface area contributed by atoms with E-state index in [4.69, 9.17) is 4.99 Å². The first-order valence-corrected chi connectivity index (χ1v) is 18.4. The summed E-state index contributed by atoms with van der Waals surface area (Å²) in [6, 6.07) is 33.9. The molecule has 2 aromatic carbocycles. The molecule has 5 aromatic rings. The largest absolute Gasteiger partial charge is 0.353 e. The number of aromatic amines is 3. The fourth-order valence-electron chi connectivity index (χ4n) is 4.81. The molecule has 1 aliphatic heterocycles. The van der Waals surface area contributed by atoms with Gasteiger partial charge in [0, 0.05) is 22.7 Å². The van der Waals surface area contributed by atoms with Gasteiger partial charge in [-0.1, -0.05) is 60.7 Å². The predicted octanol–water partition coefficient (Wildman–Crippen LogP) is 9.79. The van der Waals surface area contributed by atoms with Gasteiger partial charge >= 0.3 is 0 Å². The molecular formula is C34H34N4S4. The van der Waals surface area contributed by atoms with E-state index in [1.54, 1.807) is 47.0 Å². The quantitative estimate of drug-likeness (QED) is 0.150. The minimum atomic E-state index is 0.216. The predicted molar refractivity (Wildman–Crippen MR) is 188 cm³/mol. The van der Waals surface area contributed by atoms with Gasteiger partial charge in [0.1, 0.15) is 0 Å². The maximum atomic E-state index is 4.72. The lowest BCUT2D eigenvalue weighted by Gasteiger charge is -2.15. The number of nitrogens with zero attached hydrogens (tertiary/aromatic N) is 1. The molecule has 42 heavy (non-hydrogen) atoms. The summed E-state index contributed by atoms with van der Waals surface area (Å²) in [4.78, 5) is 15.2. The highest BCUT2D eigenvalue weighted by atomic mass is 32.2. The molecular weight excluding hydrogens is 593 g/mol. The number of hydrogen-bond acceptors (Lipinski definition) is 5. The van der Waals surface area contributed by atoms with Crippen LogP contribution in [0.5, 0.6) is 0 Å². The molecule has 3 aromatic heterocycles. The zero-order valence-corrected chi connectivity index (χ0v) is 27.3. The Labute approximate surface area is 265 Å². The van der Waals surface area contributed by atoms with E-state index in [0.717, 1.165) is 27.0 Å². The highest BCUT2D eigenvalue weighted by Crippen LogP contribution is 2.34. The number of nitrogens with one attached hydrogen (secondary N) is 3. The van der Waals surface area contributed by atoms with E-state index in [2.05, 4.69) is 143 Å². The molecule has 0 aliphatic carbocycles. The third-order valence-corrected chi connectivity index (χ3v) is 9.53. The van der Waals surface area contributed by atoms with Gasteiger partial charge in [0.2, 0.25) is 0 Å². The van der Waals surface area contributed by atoms with Crippen molar-refractivity contribution >= 4 is 57.7 Å². The standard InChI is InChI=1S/C17H18N2S2.C17H16N2S2/c2*1-20-15-10-8-13(18-15)17(12-6-4-3-5-7-12)14-9-11-16(19-14)21-2/h3-11,17-19H,1-2H3;3-11,18H,1-2H3/b;17-14-. The van der Waals surface area contributed by atoms with Gasteiger partial charge in [0.05, 0.1) is 31.7 Å². The van der Waals surface area contributed by atoms with Crippen molar-refractivity contribution < 1.29 is 0 Å². The summed E-state index contributed by atoms with van der Waals surface area (Å²) in [6.07, 6.45) is 12.5. The molecule has 0 radical (unpaired) electrons. The summed E-state index contributed by atoms with van der Waals surface area (Å²) in [5, 5.41) is 4.61. The van der Waals surface area contributed by atoms with Crippen molar-refractivity contribution in [2.24, 2.45) is 4.99 Å². The molecule has 0 unspecified atom stereocenters. The van der Waals surface area contributed by atoms with Crippen LogP contribution < -0.4 is 0 Å². The molecule has 4 nitrogen and oxygen atoms in total. The van der Waals surface area contributed by atoms with E-state index >= 15 is 0 Å². The summed E-state index contributed by atoms with van der Waals surface area (Å²) < 4.78 is 0. The average Bonchev–Trinajstić information content (AvgIpc) is 3.87. The van der Waals surface area contributed by atoms with Gasteiger partial charge in [-0.05, 0) is 84.7 Å². The Morgan fingerprint density at radius 1 is 0.571 bits per heavy atom. The molecule has 214 valence electrons. The van der Waals surface area contributed by atoms with Crippen molar-refractivity contribution in [2.45, 2.75) is 21.0 Å². The molecule has 8 heteroatoms. The van der Waals surface area contributed by atoms with Gasteiger partial charge in [-0.3, -0.25) is 0 Å². The number of H-pyrrole nitrogens is 3. The average molecular weight is 627 g/mol. The van der Waals surface area contributed by atoms with Crippen molar-refractivity contribution in [2.75, 3.05) is 25.0 Å². The monoisotopic (exact) mass is 626 g/mol. The molecule has 0 amide bonds. The molecule has 0 fully saturated rings. The number of aromatic nitrogens is 3.